The lowest BCUT2D eigenvalue weighted by molar-refractivity contribution is 0.0697. The second-order valence-electron chi connectivity index (χ2n) is 7.29. The monoisotopic (exact) mass is 454 g/mol. The zero-order chi connectivity index (χ0) is 21.3. The van der Waals surface area contributed by atoms with Gasteiger partial charge in [-0.25, -0.2) is 13.6 Å². The van der Waals surface area contributed by atoms with Gasteiger partial charge in [-0.3, -0.25) is 0 Å². The highest BCUT2D eigenvalue weighted by Gasteiger charge is 2.27. The van der Waals surface area contributed by atoms with Crippen LogP contribution in [0, 0.1) is 11.6 Å². The lowest BCUT2D eigenvalue weighted by atomic mass is 10.1. The van der Waals surface area contributed by atoms with Gasteiger partial charge in [0.2, 0.25) is 0 Å². The summed E-state index contributed by atoms with van der Waals surface area (Å²) in [6.45, 7) is 3.66. The molecule has 31 heavy (non-hydrogen) atoms. The van der Waals surface area contributed by atoms with E-state index in [1.54, 1.807) is 4.90 Å². The number of carbonyl (C=O) groups excluding carboxylic acids is 1. The van der Waals surface area contributed by atoms with Crippen molar-refractivity contribution in [2.45, 2.75) is 38.8 Å². The van der Waals surface area contributed by atoms with Crippen LogP contribution in [0.2, 0.25) is 0 Å². The number of rotatable bonds is 8. The molecule has 5 nitrogen and oxygen atoms in total. The summed E-state index contributed by atoms with van der Waals surface area (Å²) in [5, 5.41) is 3.22. The van der Waals surface area contributed by atoms with Crippen LogP contribution in [-0.2, 0) is 17.8 Å². The van der Waals surface area contributed by atoms with Crippen molar-refractivity contribution in [1.82, 2.24) is 10.2 Å². The Labute approximate surface area is 188 Å². The zero-order valence-electron chi connectivity index (χ0n) is 17.6. The van der Waals surface area contributed by atoms with Crippen molar-refractivity contribution in [3.05, 3.63) is 65.2 Å². The smallest absolute Gasteiger partial charge is 0.410 e. The number of hydrogen-bond acceptors (Lipinski definition) is 4. The molecule has 3 rings (SSSR count). The normalized spacial score (nSPS) is 15.8. The molecule has 2 aromatic rings. The zero-order valence-corrected chi connectivity index (χ0v) is 18.4. The lowest BCUT2D eigenvalue weighted by Crippen LogP contribution is -2.53. The Balaban J connectivity index is 0.00000341. The molecule has 1 fully saturated rings. The Kier molecular flexibility index (Phi) is 10.0. The molecule has 170 valence electrons. The first-order chi connectivity index (χ1) is 14.6. The average molecular weight is 455 g/mol. The second-order valence-corrected chi connectivity index (χ2v) is 7.29. The van der Waals surface area contributed by atoms with E-state index in [9.17, 15) is 13.6 Å². The van der Waals surface area contributed by atoms with Gasteiger partial charge in [-0.15, -0.1) is 12.4 Å². The summed E-state index contributed by atoms with van der Waals surface area (Å²) in [7, 11) is 0. The van der Waals surface area contributed by atoms with E-state index in [2.05, 4.69) is 5.32 Å². The number of hydrogen-bond donors (Lipinski definition) is 1. The van der Waals surface area contributed by atoms with Gasteiger partial charge in [0.1, 0.15) is 12.4 Å². The van der Waals surface area contributed by atoms with E-state index in [1.165, 1.54) is 11.6 Å². The molecule has 1 saturated heterocycles. The van der Waals surface area contributed by atoms with Gasteiger partial charge in [0.05, 0.1) is 12.2 Å². The number of carbonyl (C=O) groups is 1. The molecule has 0 radical (unpaired) electrons. The minimum absolute atomic E-state index is 0. The molecule has 0 spiro atoms. The van der Waals surface area contributed by atoms with Gasteiger partial charge in [-0.05, 0) is 37.0 Å². The molecule has 1 heterocycles. The predicted molar refractivity (Wildman–Crippen MR) is 118 cm³/mol. The number of nitrogens with one attached hydrogen (secondary N) is 1. The molecule has 0 aromatic heterocycles. The van der Waals surface area contributed by atoms with Crippen LogP contribution in [0.3, 0.4) is 0 Å². The van der Waals surface area contributed by atoms with Crippen LogP contribution in [-0.4, -0.2) is 43.3 Å². The summed E-state index contributed by atoms with van der Waals surface area (Å²) >= 11 is 0. The third kappa shape index (κ3) is 6.80. The number of halogens is 3. The second kappa shape index (κ2) is 12.5. The van der Waals surface area contributed by atoms with E-state index < -0.39 is 24.3 Å². The Bertz CT molecular complexity index is 839. The average Bonchev–Trinajstić information content (AvgIpc) is 2.78. The first kappa shape index (κ1) is 24.9. The first-order valence-corrected chi connectivity index (χ1v) is 10.4. The number of nitrogens with zero attached hydrogens (tertiary/aromatic N) is 1. The van der Waals surface area contributed by atoms with Crippen molar-refractivity contribution in [2.75, 3.05) is 26.2 Å². The number of amides is 1. The third-order valence-electron chi connectivity index (χ3n) is 5.26. The van der Waals surface area contributed by atoms with Crippen LogP contribution in [0.5, 0.6) is 5.75 Å². The molecule has 1 atom stereocenters. The van der Waals surface area contributed by atoms with Crippen LogP contribution < -0.4 is 10.1 Å². The fourth-order valence-corrected chi connectivity index (χ4v) is 3.51. The number of aryl methyl sites for hydroxylation is 1. The number of piperazine rings is 1. The minimum atomic E-state index is -0.824. The van der Waals surface area contributed by atoms with Gasteiger partial charge >= 0.3 is 6.09 Å². The third-order valence-corrected chi connectivity index (χ3v) is 5.26. The van der Waals surface area contributed by atoms with E-state index in [-0.39, 0.29) is 29.8 Å². The summed E-state index contributed by atoms with van der Waals surface area (Å²) in [6, 6.07) is 12.3. The maximum absolute atomic E-state index is 14.7. The number of benzene rings is 2. The topological polar surface area (TPSA) is 50.8 Å². The van der Waals surface area contributed by atoms with Gasteiger partial charge in [0.25, 0.3) is 0 Å². The highest BCUT2D eigenvalue weighted by molar-refractivity contribution is 5.85. The van der Waals surface area contributed by atoms with Crippen molar-refractivity contribution in [3.63, 3.8) is 0 Å². The summed E-state index contributed by atoms with van der Waals surface area (Å²) in [6.07, 6.45) is 1.72. The van der Waals surface area contributed by atoms with Gasteiger partial charge in [-0.1, -0.05) is 37.3 Å². The van der Waals surface area contributed by atoms with Crippen molar-refractivity contribution < 1.29 is 23.0 Å². The Morgan fingerprint density at radius 1 is 1.19 bits per heavy atom. The Hall–Kier alpha value is -2.38. The quantitative estimate of drug-likeness (QED) is 0.586. The van der Waals surface area contributed by atoms with Crippen molar-refractivity contribution >= 4 is 18.5 Å². The van der Waals surface area contributed by atoms with Gasteiger partial charge < -0.3 is 19.7 Å². The van der Waals surface area contributed by atoms with Crippen molar-refractivity contribution in [1.29, 1.82) is 0 Å². The van der Waals surface area contributed by atoms with Crippen LogP contribution in [0.25, 0.3) is 0 Å². The molecule has 1 aliphatic rings. The maximum Gasteiger partial charge on any atom is 0.410 e. The Morgan fingerprint density at radius 2 is 1.97 bits per heavy atom. The maximum atomic E-state index is 14.7. The lowest BCUT2D eigenvalue weighted by Gasteiger charge is -2.34. The molecular formula is C23H29ClF2N2O3. The summed E-state index contributed by atoms with van der Waals surface area (Å²) in [5.74, 6) is -1.62. The van der Waals surface area contributed by atoms with Crippen LogP contribution in [0.4, 0.5) is 13.6 Å². The SMILES string of the molecule is CC[C@@H]1CNCCN1C(=O)OCc1c(F)ccc(OCCCc2ccccc2)c1F.Cl. The van der Waals surface area contributed by atoms with Crippen molar-refractivity contribution in [3.8, 4) is 5.75 Å². The standard InChI is InChI=1S/C23H28F2N2O3.ClH/c1-2-18-15-26-12-13-27(18)23(28)30-16-19-20(24)10-11-21(22(19)25)29-14-6-9-17-7-4-3-5-8-17;/h3-5,7-8,10-11,18,26H,2,6,9,12-16H2,1H3;1H/t18-;/m1./s1. The predicted octanol–water partition coefficient (Wildman–Crippen LogP) is 4.72. The molecule has 1 N–H and O–H groups in total. The molecule has 0 saturated carbocycles. The van der Waals surface area contributed by atoms with Crippen LogP contribution >= 0.6 is 12.4 Å². The fraction of sp³-hybridized carbons (Fsp3) is 0.435. The molecule has 1 aliphatic heterocycles. The van der Waals surface area contributed by atoms with Gasteiger partial charge in [-0.2, -0.15) is 0 Å². The molecule has 8 heteroatoms. The van der Waals surface area contributed by atoms with Crippen LogP contribution in [0.15, 0.2) is 42.5 Å². The summed E-state index contributed by atoms with van der Waals surface area (Å²) in [5.41, 5.74) is 0.874. The van der Waals surface area contributed by atoms with E-state index >= 15 is 0 Å². The number of ether oxygens (including phenoxy) is 2. The highest BCUT2D eigenvalue weighted by atomic mass is 35.5. The molecule has 0 bridgehead atoms. The summed E-state index contributed by atoms with van der Waals surface area (Å²) < 4.78 is 39.6. The van der Waals surface area contributed by atoms with E-state index in [1.807, 2.05) is 37.3 Å². The van der Waals surface area contributed by atoms with E-state index in [4.69, 9.17) is 9.47 Å². The molecular weight excluding hydrogens is 426 g/mol. The van der Waals surface area contributed by atoms with Gasteiger partial charge in [0, 0.05) is 25.7 Å². The highest BCUT2D eigenvalue weighted by Crippen LogP contribution is 2.25. The summed E-state index contributed by atoms with van der Waals surface area (Å²) in [4.78, 5) is 14.0. The van der Waals surface area contributed by atoms with E-state index in [0.717, 1.165) is 18.9 Å². The van der Waals surface area contributed by atoms with Gasteiger partial charge in [0.15, 0.2) is 11.6 Å². The minimum Gasteiger partial charge on any atom is -0.490 e. The van der Waals surface area contributed by atoms with Crippen LogP contribution in [0.1, 0.15) is 30.9 Å². The first-order valence-electron chi connectivity index (χ1n) is 10.4. The largest absolute Gasteiger partial charge is 0.490 e. The molecule has 2 aromatic carbocycles. The molecule has 1 amide bonds. The fourth-order valence-electron chi connectivity index (χ4n) is 3.51. The molecule has 0 aliphatic carbocycles. The van der Waals surface area contributed by atoms with Crippen molar-refractivity contribution in [2.24, 2.45) is 0 Å². The molecule has 0 unspecified atom stereocenters. The Morgan fingerprint density at radius 3 is 2.71 bits per heavy atom. The van der Waals surface area contributed by atoms with E-state index in [0.29, 0.717) is 32.7 Å².